The van der Waals surface area contributed by atoms with E-state index in [1.54, 1.807) is 12.1 Å². The lowest BCUT2D eigenvalue weighted by Crippen LogP contribution is -2.34. The van der Waals surface area contributed by atoms with Crippen LogP contribution in [-0.2, 0) is 0 Å². The Hall–Kier alpha value is -1.96. The molecule has 2 heterocycles. The fraction of sp³-hybridized carbons (Fsp3) is 0.357. The first-order valence-corrected chi connectivity index (χ1v) is 7.37. The van der Waals surface area contributed by atoms with E-state index < -0.39 is 6.10 Å². The molecule has 2 aromatic rings. The van der Waals surface area contributed by atoms with E-state index in [2.05, 4.69) is 20.9 Å². The summed E-state index contributed by atoms with van der Waals surface area (Å²) in [6.45, 7) is 1.64. The Kier molecular flexibility index (Phi) is 4.37. The van der Waals surface area contributed by atoms with Crippen molar-refractivity contribution in [2.24, 2.45) is 5.92 Å². The predicted molar refractivity (Wildman–Crippen MR) is 81.1 cm³/mol. The van der Waals surface area contributed by atoms with Crippen LogP contribution in [0.3, 0.4) is 0 Å². The third kappa shape index (κ3) is 3.11. The van der Waals surface area contributed by atoms with Gasteiger partial charge in [-0.15, -0.1) is 5.10 Å². The number of halogens is 1. The van der Waals surface area contributed by atoms with Gasteiger partial charge in [-0.05, 0) is 12.1 Å². The van der Waals surface area contributed by atoms with Crippen molar-refractivity contribution in [2.45, 2.75) is 6.10 Å². The van der Waals surface area contributed by atoms with Crippen LogP contribution < -0.4 is 10.6 Å². The number of para-hydroxylation sites is 1. The number of aromatic nitrogens is 3. The van der Waals surface area contributed by atoms with Crippen molar-refractivity contribution in [3.05, 3.63) is 41.2 Å². The highest BCUT2D eigenvalue weighted by Gasteiger charge is 2.25. The minimum absolute atomic E-state index is 0.0163. The number of hydrogen-bond acceptors (Lipinski definition) is 5. The van der Waals surface area contributed by atoms with Gasteiger partial charge in [0, 0.05) is 25.6 Å². The van der Waals surface area contributed by atoms with Gasteiger partial charge in [0.2, 0.25) is 0 Å². The molecule has 0 spiro atoms. The highest BCUT2D eigenvalue weighted by Crippen LogP contribution is 2.18. The zero-order chi connectivity index (χ0) is 15.5. The highest BCUT2D eigenvalue weighted by molar-refractivity contribution is 6.32. The minimum atomic E-state index is -0.431. The summed E-state index contributed by atoms with van der Waals surface area (Å²) in [5.74, 6) is -0.306. The number of carbonyl (C=O) groups is 1. The van der Waals surface area contributed by atoms with Crippen LogP contribution in [0.2, 0.25) is 5.02 Å². The van der Waals surface area contributed by atoms with Gasteiger partial charge < -0.3 is 15.7 Å². The highest BCUT2D eigenvalue weighted by atomic mass is 35.5. The maximum atomic E-state index is 12.1. The molecule has 1 aliphatic heterocycles. The number of aliphatic hydroxyl groups is 1. The van der Waals surface area contributed by atoms with E-state index in [0.717, 1.165) is 0 Å². The zero-order valence-electron chi connectivity index (χ0n) is 11.7. The van der Waals surface area contributed by atoms with Crippen LogP contribution >= 0.6 is 11.6 Å². The molecule has 1 aromatic carbocycles. The van der Waals surface area contributed by atoms with Crippen molar-refractivity contribution in [1.82, 2.24) is 25.6 Å². The molecule has 1 aromatic heterocycles. The fourth-order valence-corrected chi connectivity index (χ4v) is 2.59. The Morgan fingerprint density at radius 2 is 2.27 bits per heavy atom. The second-order valence-corrected chi connectivity index (χ2v) is 5.60. The van der Waals surface area contributed by atoms with Crippen LogP contribution in [0.1, 0.15) is 10.5 Å². The number of β-amino-alcohol motifs (C(OH)–C–C–N with tert-alkyl or cyclic N) is 1. The molecule has 0 radical (unpaired) electrons. The van der Waals surface area contributed by atoms with Gasteiger partial charge in [-0.25, -0.2) is 4.68 Å². The Bertz CT molecular complexity index is 675. The fourth-order valence-electron chi connectivity index (χ4n) is 2.36. The summed E-state index contributed by atoms with van der Waals surface area (Å²) < 4.78 is 1.46. The molecule has 2 unspecified atom stereocenters. The van der Waals surface area contributed by atoms with Gasteiger partial charge in [-0.1, -0.05) is 28.9 Å². The average Bonchev–Trinajstić information content (AvgIpc) is 3.14. The maximum Gasteiger partial charge on any atom is 0.273 e. The monoisotopic (exact) mass is 321 g/mol. The van der Waals surface area contributed by atoms with Crippen LogP contribution in [0.4, 0.5) is 0 Å². The van der Waals surface area contributed by atoms with Gasteiger partial charge in [-0.3, -0.25) is 4.79 Å². The van der Waals surface area contributed by atoms with Crippen molar-refractivity contribution in [3.63, 3.8) is 0 Å². The van der Waals surface area contributed by atoms with Crippen molar-refractivity contribution in [2.75, 3.05) is 19.6 Å². The van der Waals surface area contributed by atoms with Crippen molar-refractivity contribution in [1.29, 1.82) is 0 Å². The van der Waals surface area contributed by atoms with Crippen molar-refractivity contribution < 1.29 is 9.90 Å². The van der Waals surface area contributed by atoms with E-state index in [1.807, 2.05) is 12.1 Å². The quantitative estimate of drug-likeness (QED) is 0.750. The summed E-state index contributed by atoms with van der Waals surface area (Å²) >= 11 is 6.09. The van der Waals surface area contributed by atoms with Gasteiger partial charge in [0.1, 0.15) is 0 Å². The molecule has 0 bridgehead atoms. The molecule has 7 nitrogen and oxygen atoms in total. The van der Waals surface area contributed by atoms with Crippen LogP contribution in [0.15, 0.2) is 30.5 Å². The Morgan fingerprint density at radius 3 is 3.00 bits per heavy atom. The Balaban J connectivity index is 1.66. The lowest BCUT2D eigenvalue weighted by Gasteiger charge is -2.13. The molecule has 8 heteroatoms. The number of hydrogen-bond donors (Lipinski definition) is 3. The summed E-state index contributed by atoms with van der Waals surface area (Å²) in [6.07, 6.45) is 1.10. The number of benzene rings is 1. The second kappa shape index (κ2) is 6.43. The topological polar surface area (TPSA) is 92.1 Å². The minimum Gasteiger partial charge on any atom is -0.391 e. The lowest BCUT2D eigenvalue weighted by atomic mass is 10.1. The zero-order valence-corrected chi connectivity index (χ0v) is 12.5. The third-order valence-corrected chi connectivity index (χ3v) is 3.97. The molecule has 0 aliphatic carbocycles. The van der Waals surface area contributed by atoms with Gasteiger partial charge in [0.15, 0.2) is 5.69 Å². The molecule has 116 valence electrons. The molecular weight excluding hydrogens is 306 g/mol. The van der Waals surface area contributed by atoms with Crippen molar-refractivity contribution >= 4 is 17.5 Å². The number of carbonyl (C=O) groups excluding carboxylic acids is 1. The SMILES string of the molecule is O=C(NCC1CNCC1O)c1cn(-c2ccccc2Cl)nn1. The summed E-state index contributed by atoms with van der Waals surface area (Å²) in [5.41, 5.74) is 0.867. The largest absolute Gasteiger partial charge is 0.391 e. The molecule has 0 saturated carbocycles. The Labute approximate surface area is 132 Å². The molecule has 1 amide bonds. The van der Waals surface area contributed by atoms with Crippen molar-refractivity contribution in [3.8, 4) is 5.69 Å². The maximum absolute atomic E-state index is 12.1. The smallest absolute Gasteiger partial charge is 0.273 e. The molecule has 1 aliphatic rings. The Morgan fingerprint density at radius 1 is 1.45 bits per heavy atom. The van der Waals surface area contributed by atoms with Gasteiger partial charge in [0.05, 0.1) is 23.0 Å². The molecule has 1 saturated heterocycles. The second-order valence-electron chi connectivity index (χ2n) is 5.20. The third-order valence-electron chi connectivity index (χ3n) is 3.65. The lowest BCUT2D eigenvalue weighted by molar-refractivity contribution is 0.0922. The van der Waals surface area contributed by atoms with E-state index in [1.165, 1.54) is 10.9 Å². The number of aliphatic hydroxyl groups excluding tert-OH is 1. The first-order chi connectivity index (χ1) is 10.6. The van der Waals surface area contributed by atoms with Crippen LogP contribution in [0.5, 0.6) is 0 Å². The molecule has 22 heavy (non-hydrogen) atoms. The predicted octanol–water partition coefficient (Wildman–Crippen LogP) is 0.231. The normalized spacial score (nSPS) is 21.0. The summed E-state index contributed by atoms with van der Waals surface area (Å²) in [7, 11) is 0. The van der Waals surface area contributed by atoms with E-state index >= 15 is 0 Å². The van der Waals surface area contributed by atoms with E-state index in [4.69, 9.17) is 11.6 Å². The number of nitrogens with one attached hydrogen (secondary N) is 2. The van der Waals surface area contributed by atoms with Gasteiger partial charge in [-0.2, -0.15) is 0 Å². The number of nitrogens with zero attached hydrogens (tertiary/aromatic N) is 3. The first-order valence-electron chi connectivity index (χ1n) is 6.99. The molecule has 3 N–H and O–H groups in total. The van der Waals surface area contributed by atoms with E-state index in [9.17, 15) is 9.90 Å². The summed E-state index contributed by atoms with van der Waals surface area (Å²) in [5, 5.41) is 23.8. The number of amides is 1. The van der Waals surface area contributed by atoms with Gasteiger partial charge in [0.25, 0.3) is 5.91 Å². The molecule has 3 rings (SSSR count). The van der Waals surface area contributed by atoms with E-state index in [0.29, 0.717) is 30.3 Å². The molecular formula is C14H16ClN5O2. The average molecular weight is 322 g/mol. The number of rotatable bonds is 4. The first kappa shape index (κ1) is 15.0. The standard InChI is InChI=1S/C14H16ClN5O2/c15-10-3-1-2-4-12(10)20-8-11(18-19-20)14(22)17-6-9-5-16-7-13(9)21/h1-4,8-9,13,16,21H,5-7H2,(H,17,22). The van der Waals surface area contributed by atoms with E-state index in [-0.39, 0.29) is 17.5 Å². The summed E-state index contributed by atoms with van der Waals surface area (Å²) in [4.78, 5) is 12.1. The molecule has 1 fully saturated rings. The van der Waals surface area contributed by atoms with Crippen LogP contribution in [0, 0.1) is 5.92 Å². The van der Waals surface area contributed by atoms with Crippen LogP contribution in [-0.4, -0.2) is 51.7 Å². The van der Waals surface area contributed by atoms with Crippen LogP contribution in [0.25, 0.3) is 5.69 Å². The molecule has 2 atom stereocenters. The summed E-state index contributed by atoms with van der Waals surface area (Å²) in [6, 6.07) is 7.18. The van der Waals surface area contributed by atoms with Gasteiger partial charge >= 0.3 is 0 Å².